The Morgan fingerprint density at radius 3 is 2.00 bits per heavy atom. The summed E-state index contributed by atoms with van der Waals surface area (Å²) < 4.78 is 9.23. The van der Waals surface area contributed by atoms with Crippen LogP contribution in [0.25, 0.3) is 0 Å². The molecule has 0 aliphatic rings. The van der Waals surface area contributed by atoms with E-state index in [2.05, 4.69) is 17.8 Å². The highest BCUT2D eigenvalue weighted by Gasteiger charge is 1.85. The topological polar surface area (TPSA) is 43.1 Å². The van der Waals surface area contributed by atoms with E-state index in [1.54, 1.807) is 0 Å². The maximum Gasteiger partial charge on any atom is 0.501 e. The lowest BCUT2D eigenvalue weighted by Crippen LogP contribution is -1.61. The Kier molecular flexibility index (Phi) is 1.88. The quantitative estimate of drug-likeness (QED) is 0.341. The lowest BCUT2D eigenvalue weighted by atomic mass is 13.9. The van der Waals surface area contributed by atoms with Gasteiger partial charge in [0.05, 0.1) is 0 Å². The van der Waals surface area contributed by atoms with Gasteiger partial charge in [0.15, 0.2) is 0 Å². The molecular weight excluding hydrogens is 93.0 g/mol. The van der Waals surface area contributed by atoms with Crippen molar-refractivity contribution >= 4 is 19.4 Å². The van der Waals surface area contributed by atoms with Gasteiger partial charge in [-0.15, -0.1) is 5.50 Å². The predicted molar refractivity (Wildman–Crippen MR) is 20.8 cm³/mol. The first kappa shape index (κ1) is 4.41. The van der Waals surface area contributed by atoms with E-state index < -0.39 is 7.15 Å². The number of hydrogen-bond acceptors (Lipinski definition) is 1. The summed E-state index contributed by atoms with van der Waals surface area (Å²) in [7, 11) is -1.68. The summed E-state index contributed by atoms with van der Waals surface area (Å²) >= 11 is 3.25. The van der Waals surface area contributed by atoms with E-state index in [0.717, 1.165) is 0 Å². The Morgan fingerprint density at radius 2 is 2.00 bits per heavy atom. The van der Waals surface area contributed by atoms with Crippen LogP contribution in [-0.4, -0.2) is 0 Å². The number of hydrogen-bond donors (Lipinski definition) is 2. The zero-order valence-electron chi connectivity index (χ0n) is 1.88. The first-order valence-electron chi connectivity index (χ1n) is 0.641. The highest BCUT2D eigenvalue weighted by atomic mass is 32.7. The van der Waals surface area contributed by atoms with E-state index in [1.165, 1.54) is 0 Å². The molecule has 0 radical (unpaired) electrons. The summed E-state index contributed by atoms with van der Waals surface area (Å²) in [5.41, 5.74) is 4.48. The van der Waals surface area contributed by atoms with Crippen molar-refractivity contribution in [2.75, 3.05) is 0 Å². The van der Waals surface area contributed by atoms with E-state index >= 15 is 0 Å². The van der Waals surface area contributed by atoms with Gasteiger partial charge in [0.1, 0.15) is 12.2 Å². The molecule has 2 N–H and O–H groups in total. The highest BCUT2D eigenvalue weighted by molar-refractivity contribution is 8.39. The molecule has 0 heterocycles. The molecule has 0 spiro atoms. The van der Waals surface area contributed by atoms with E-state index in [4.69, 9.17) is 0 Å². The third-order valence-electron chi connectivity index (χ3n) is 0. The van der Waals surface area contributed by atoms with E-state index in [0.29, 0.717) is 0 Å². The van der Waals surface area contributed by atoms with Crippen LogP contribution in [0, 0.1) is 0 Å². The minimum absolute atomic E-state index is 1.68. The predicted octanol–water partition coefficient (Wildman–Crippen LogP) is 0.532. The van der Waals surface area contributed by atoms with Crippen LogP contribution >= 0.6 is 19.4 Å². The number of rotatable bonds is 0. The zero-order valence-corrected chi connectivity index (χ0v) is 3.67. The minimum atomic E-state index is -1.68. The molecule has 4 heavy (non-hydrogen) atoms. The normalized spacial score (nSPS) is 11.0. The van der Waals surface area contributed by atoms with Gasteiger partial charge in [-0.25, -0.2) is 0 Å². The second-order valence-electron chi connectivity index (χ2n) is 0.303. The Bertz CT molecular complexity index is 31.0. The maximum atomic E-state index is 9.23. The molecule has 2 nitrogen and oxygen atoms in total. The van der Waals surface area contributed by atoms with Crippen LogP contribution in [0.15, 0.2) is 0 Å². The molecule has 0 saturated heterocycles. The molecule has 0 aromatic carbocycles. The largest absolute Gasteiger partial charge is 0.501 e. The summed E-state index contributed by atoms with van der Waals surface area (Å²) in [4.78, 5) is 0. The van der Waals surface area contributed by atoms with E-state index in [9.17, 15) is 4.57 Å². The van der Waals surface area contributed by atoms with Crippen molar-refractivity contribution in [3.8, 4) is 0 Å². The Labute approximate surface area is 30.4 Å². The van der Waals surface area contributed by atoms with Crippen LogP contribution in [0.1, 0.15) is 0 Å². The molecule has 1 atom stereocenters. The summed E-state index contributed by atoms with van der Waals surface area (Å²) in [6, 6.07) is 0. The van der Waals surface area contributed by atoms with Gasteiger partial charge in [-0.05, 0) is 4.57 Å². The number of nitrogens with two attached hydrogens (primary N) is 1. The van der Waals surface area contributed by atoms with E-state index in [-0.39, 0.29) is 0 Å². The lowest BCUT2D eigenvalue weighted by Gasteiger charge is -1.35. The summed E-state index contributed by atoms with van der Waals surface area (Å²) in [5, 5.41) is 0. The maximum absolute atomic E-state index is 9.23. The minimum Gasteiger partial charge on any atom is -0.111 e. The molecule has 0 rings (SSSR count). The first-order valence-corrected chi connectivity index (χ1v) is 3.12. The Hall–Kier alpha value is 0.410. The van der Waals surface area contributed by atoms with Crippen molar-refractivity contribution in [2.24, 2.45) is 5.50 Å². The SMILES string of the molecule is N[P+](=O)S. The highest BCUT2D eigenvalue weighted by Crippen LogP contribution is 2.10. The van der Waals surface area contributed by atoms with Gasteiger partial charge < -0.3 is 0 Å². The molecule has 0 amide bonds. The zero-order chi connectivity index (χ0) is 3.58. The van der Waals surface area contributed by atoms with Crippen molar-refractivity contribution in [1.82, 2.24) is 0 Å². The molecule has 0 aliphatic carbocycles. The molecule has 0 bridgehead atoms. The average molecular weight is 96.1 g/mol. The smallest absolute Gasteiger partial charge is 0.111 e. The fourth-order valence-electron chi connectivity index (χ4n) is 0. The van der Waals surface area contributed by atoms with Crippen molar-refractivity contribution in [3.05, 3.63) is 0 Å². The van der Waals surface area contributed by atoms with Crippen LogP contribution in [0.5, 0.6) is 0 Å². The van der Waals surface area contributed by atoms with Gasteiger partial charge in [-0.3, -0.25) is 0 Å². The fraction of sp³-hybridized carbons (Fsp3) is 0. The molecule has 1 unspecified atom stereocenters. The summed E-state index contributed by atoms with van der Waals surface area (Å²) in [6.07, 6.45) is 0. The van der Waals surface area contributed by atoms with E-state index in [1.807, 2.05) is 0 Å². The molecule has 0 fully saturated rings. The average Bonchev–Trinajstić information content (AvgIpc) is 0.811. The molecule has 0 aliphatic heterocycles. The van der Waals surface area contributed by atoms with Gasteiger partial charge in [-0.2, -0.15) is 0 Å². The number of thiol groups is 1. The third-order valence-corrected chi connectivity index (χ3v) is 0. The van der Waals surface area contributed by atoms with Crippen LogP contribution in [-0.2, 0) is 4.57 Å². The van der Waals surface area contributed by atoms with Gasteiger partial charge in [0.2, 0.25) is 0 Å². The van der Waals surface area contributed by atoms with Crippen molar-refractivity contribution in [3.63, 3.8) is 0 Å². The van der Waals surface area contributed by atoms with Crippen LogP contribution in [0.4, 0.5) is 0 Å². The second kappa shape index (κ2) is 1.70. The van der Waals surface area contributed by atoms with Gasteiger partial charge >= 0.3 is 7.15 Å². The standard InChI is InChI=1S/H2NOPS/c1-3(2)4/h(H2-,1,2,4)/p+1. The lowest BCUT2D eigenvalue weighted by molar-refractivity contribution is 0.597. The molecule has 4 heteroatoms. The van der Waals surface area contributed by atoms with Crippen molar-refractivity contribution < 1.29 is 4.57 Å². The second-order valence-corrected chi connectivity index (χ2v) is 2.09. The molecule has 24 valence electrons. The van der Waals surface area contributed by atoms with Gasteiger partial charge in [0, 0.05) is 0 Å². The Balaban J connectivity index is 2.80. The van der Waals surface area contributed by atoms with Gasteiger partial charge in [-0.1, -0.05) is 0 Å². The monoisotopic (exact) mass is 96.0 g/mol. The summed E-state index contributed by atoms with van der Waals surface area (Å²) in [5.74, 6) is 0. The van der Waals surface area contributed by atoms with Crippen LogP contribution in [0.3, 0.4) is 0 Å². The van der Waals surface area contributed by atoms with Crippen LogP contribution < -0.4 is 5.50 Å². The third kappa shape index (κ3) is 28.5. The van der Waals surface area contributed by atoms with Gasteiger partial charge in [0.25, 0.3) is 0 Å². The molecule has 0 saturated carbocycles. The Morgan fingerprint density at radius 1 is 2.00 bits per heavy atom. The molecular formula is H3NOPS+. The van der Waals surface area contributed by atoms with Crippen molar-refractivity contribution in [1.29, 1.82) is 0 Å². The summed E-state index contributed by atoms with van der Waals surface area (Å²) in [6.45, 7) is 0. The van der Waals surface area contributed by atoms with Crippen molar-refractivity contribution in [2.45, 2.75) is 0 Å². The first-order chi connectivity index (χ1) is 1.73. The molecule has 0 aromatic rings. The fourth-order valence-corrected chi connectivity index (χ4v) is 0. The molecule has 0 aromatic heterocycles. The van der Waals surface area contributed by atoms with Crippen LogP contribution in [0.2, 0.25) is 0 Å².